The third-order valence-corrected chi connectivity index (χ3v) is 4.85. The first-order chi connectivity index (χ1) is 8.30. The van der Waals surface area contributed by atoms with Gasteiger partial charge in [0.25, 0.3) is 0 Å². The van der Waals surface area contributed by atoms with Gasteiger partial charge in [-0.3, -0.25) is 4.90 Å². The van der Waals surface area contributed by atoms with Crippen LogP contribution in [-0.4, -0.2) is 54.6 Å². The Labute approximate surface area is 106 Å². The van der Waals surface area contributed by atoms with E-state index in [1.807, 2.05) is 0 Å². The molecule has 2 rings (SSSR count). The normalized spacial score (nSPS) is 24.9. The van der Waals surface area contributed by atoms with Crippen molar-refractivity contribution >= 4 is 0 Å². The zero-order chi connectivity index (χ0) is 12.1. The molecule has 1 saturated heterocycles. The van der Waals surface area contributed by atoms with Crippen LogP contribution in [0.15, 0.2) is 0 Å². The minimum atomic E-state index is 0.342. The molecule has 1 saturated carbocycles. The monoisotopic (exact) mass is 239 g/mol. The first kappa shape index (κ1) is 13.3. The van der Waals surface area contributed by atoms with E-state index in [1.165, 1.54) is 64.7 Å². The standard InChI is InChI=1S/C14H29N3/c1-2-17(12-11-16-9-5-6-10-16)14(13-15)7-3-4-8-14/h2-13,15H2,1H3. The molecule has 0 amide bonds. The van der Waals surface area contributed by atoms with Gasteiger partial charge in [-0.2, -0.15) is 0 Å². The third-order valence-electron chi connectivity index (χ3n) is 4.85. The maximum absolute atomic E-state index is 6.07. The van der Waals surface area contributed by atoms with Gasteiger partial charge in [0, 0.05) is 25.2 Å². The first-order valence-electron chi connectivity index (χ1n) is 7.48. The second-order valence-electron chi connectivity index (χ2n) is 5.76. The zero-order valence-corrected chi connectivity index (χ0v) is 11.5. The smallest absolute Gasteiger partial charge is 0.0332 e. The Bertz CT molecular complexity index is 218. The third kappa shape index (κ3) is 3.01. The molecular weight excluding hydrogens is 210 g/mol. The van der Waals surface area contributed by atoms with Gasteiger partial charge in [0.1, 0.15) is 0 Å². The van der Waals surface area contributed by atoms with Gasteiger partial charge in [-0.15, -0.1) is 0 Å². The lowest BCUT2D eigenvalue weighted by atomic mass is 9.95. The average molecular weight is 239 g/mol. The molecule has 2 aliphatic rings. The first-order valence-corrected chi connectivity index (χ1v) is 7.48. The molecule has 0 unspecified atom stereocenters. The predicted molar refractivity (Wildman–Crippen MR) is 73.2 cm³/mol. The quantitative estimate of drug-likeness (QED) is 0.765. The van der Waals surface area contributed by atoms with E-state index in [2.05, 4.69) is 16.7 Å². The van der Waals surface area contributed by atoms with Crippen LogP contribution in [0.2, 0.25) is 0 Å². The topological polar surface area (TPSA) is 32.5 Å². The molecule has 0 atom stereocenters. The largest absolute Gasteiger partial charge is 0.329 e. The average Bonchev–Trinajstić information content (AvgIpc) is 3.00. The highest BCUT2D eigenvalue weighted by Crippen LogP contribution is 2.34. The number of likely N-dealkylation sites (N-methyl/N-ethyl adjacent to an activating group) is 1. The Kier molecular flexibility index (Phi) is 4.83. The van der Waals surface area contributed by atoms with Crippen molar-refractivity contribution in [2.45, 2.75) is 51.0 Å². The van der Waals surface area contributed by atoms with Crippen LogP contribution in [0.4, 0.5) is 0 Å². The van der Waals surface area contributed by atoms with Crippen molar-refractivity contribution in [3.63, 3.8) is 0 Å². The Morgan fingerprint density at radius 1 is 1.12 bits per heavy atom. The van der Waals surface area contributed by atoms with Crippen LogP contribution in [0.5, 0.6) is 0 Å². The van der Waals surface area contributed by atoms with Crippen LogP contribution in [0.1, 0.15) is 45.4 Å². The fourth-order valence-corrected chi connectivity index (χ4v) is 3.68. The number of hydrogen-bond acceptors (Lipinski definition) is 3. The molecule has 3 heteroatoms. The van der Waals surface area contributed by atoms with Crippen LogP contribution in [0, 0.1) is 0 Å². The fraction of sp³-hybridized carbons (Fsp3) is 1.00. The number of rotatable bonds is 6. The van der Waals surface area contributed by atoms with E-state index in [9.17, 15) is 0 Å². The van der Waals surface area contributed by atoms with E-state index in [0.29, 0.717) is 5.54 Å². The van der Waals surface area contributed by atoms with Crippen LogP contribution in [-0.2, 0) is 0 Å². The molecule has 100 valence electrons. The van der Waals surface area contributed by atoms with E-state index in [1.54, 1.807) is 0 Å². The van der Waals surface area contributed by atoms with Crippen molar-refractivity contribution in [1.29, 1.82) is 0 Å². The van der Waals surface area contributed by atoms with E-state index in [-0.39, 0.29) is 0 Å². The summed E-state index contributed by atoms with van der Waals surface area (Å²) in [5.74, 6) is 0. The fourth-order valence-electron chi connectivity index (χ4n) is 3.68. The van der Waals surface area contributed by atoms with Gasteiger partial charge in [-0.1, -0.05) is 19.8 Å². The second kappa shape index (κ2) is 6.17. The van der Waals surface area contributed by atoms with E-state index < -0.39 is 0 Å². The lowest BCUT2D eigenvalue weighted by molar-refractivity contribution is 0.0932. The van der Waals surface area contributed by atoms with Crippen LogP contribution in [0.25, 0.3) is 0 Å². The van der Waals surface area contributed by atoms with Crippen molar-refractivity contribution in [3.8, 4) is 0 Å². The van der Waals surface area contributed by atoms with Crippen LogP contribution >= 0.6 is 0 Å². The Hall–Kier alpha value is -0.120. The summed E-state index contributed by atoms with van der Waals surface area (Å²) in [5.41, 5.74) is 6.42. The van der Waals surface area contributed by atoms with E-state index >= 15 is 0 Å². The van der Waals surface area contributed by atoms with Gasteiger partial charge in [-0.25, -0.2) is 0 Å². The van der Waals surface area contributed by atoms with Gasteiger partial charge in [0.05, 0.1) is 0 Å². The summed E-state index contributed by atoms with van der Waals surface area (Å²) < 4.78 is 0. The molecule has 17 heavy (non-hydrogen) atoms. The lowest BCUT2D eigenvalue weighted by Gasteiger charge is -2.41. The molecule has 2 fully saturated rings. The molecule has 0 radical (unpaired) electrons. The van der Waals surface area contributed by atoms with Crippen molar-refractivity contribution < 1.29 is 0 Å². The molecule has 0 aromatic rings. The SMILES string of the molecule is CCN(CCN1CCCC1)C1(CN)CCCC1. The minimum Gasteiger partial charge on any atom is -0.329 e. The maximum atomic E-state index is 6.07. The lowest BCUT2D eigenvalue weighted by Crippen LogP contribution is -2.53. The van der Waals surface area contributed by atoms with Crippen molar-refractivity contribution in [2.75, 3.05) is 39.3 Å². The molecular formula is C14H29N3. The minimum absolute atomic E-state index is 0.342. The molecule has 0 aromatic heterocycles. The maximum Gasteiger partial charge on any atom is 0.0332 e. The number of nitrogens with zero attached hydrogens (tertiary/aromatic N) is 2. The highest BCUT2D eigenvalue weighted by atomic mass is 15.2. The highest BCUT2D eigenvalue weighted by molar-refractivity contribution is 4.95. The van der Waals surface area contributed by atoms with E-state index in [4.69, 9.17) is 5.73 Å². The van der Waals surface area contributed by atoms with Gasteiger partial charge in [0.2, 0.25) is 0 Å². The predicted octanol–water partition coefficient (Wildman–Crippen LogP) is 1.68. The zero-order valence-electron chi connectivity index (χ0n) is 11.5. The summed E-state index contributed by atoms with van der Waals surface area (Å²) in [4.78, 5) is 5.28. The van der Waals surface area contributed by atoms with Gasteiger partial charge in [-0.05, 0) is 45.3 Å². The summed E-state index contributed by atoms with van der Waals surface area (Å²) in [6.07, 6.45) is 8.17. The summed E-state index contributed by atoms with van der Waals surface area (Å²) in [7, 11) is 0. The van der Waals surface area contributed by atoms with Crippen molar-refractivity contribution in [3.05, 3.63) is 0 Å². The van der Waals surface area contributed by atoms with Gasteiger partial charge >= 0.3 is 0 Å². The Morgan fingerprint density at radius 2 is 1.76 bits per heavy atom. The molecule has 0 spiro atoms. The molecule has 0 bridgehead atoms. The molecule has 2 N–H and O–H groups in total. The Balaban J connectivity index is 1.85. The molecule has 3 nitrogen and oxygen atoms in total. The molecule has 1 aliphatic heterocycles. The Morgan fingerprint density at radius 3 is 2.29 bits per heavy atom. The van der Waals surface area contributed by atoms with E-state index in [0.717, 1.165) is 13.1 Å². The highest BCUT2D eigenvalue weighted by Gasteiger charge is 2.37. The number of hydrogen-bond donors (Lipinski definition) is 1. The number of likely N-dealkylation sites (tertiary alicyclic amines) is 1. The second-order valence-corrected chi connectivity index (χ2v) is 5.76. The number of nitrogens with two attached hydrogens (primary N) is 1. The summed E-state index contributed by atoms with van der Waals surface area (Å²) >= 11 is 0. The molecule has 1 heterocycles. The van der Waals surface area contributed by atoms with Crippen molar-refractivity contribution in [2.24, 2.45) is 5.73 Å². The van der Waals surface area contributed by atoms with Crippen LogP contribution < -0.4 is 5.73 Å². The molecule has 1 aliphatic carbocycles. The summed E-state index contributed by atoms with van der Waals surface area (Å²) in [6, 6.07) is 0. The van der Waals surface area contributed by atoms with Gasteiger partial charge in [0.15, 0.2) is 0 Å². The van der Waals surface area contributed by atoms with Gasteiger partial charge < -0.3 is 10.6 Å². The van der Waals surface area contributed by atoms with Crippen LogP contribution in [0.3, 0.4) is 0 Å². The summed E-state index contributed by atoms with van der Waals surface area (Å²) in [5, 5.41) is 0. The van der Waals surface area contributed by atoms with Crippen molar-refractivity contribution in [1.82, 2.24) is 9.80 Å². The summed E-state index contributed by atoms with van der Waals surface area (Å²) in [6.45, 7) is 9.38. The molecule has 0 aromatic carbocycles.